The summed E-state index contributed by atoms with van der Waals surface area (Å²) >= 11 is 5.88. The van der Waals surface area contributed by atoms with Crippen LogP contribution in [0.4, 0.5) is 5.95 Å². The Kier molecular flexibility index (Phi) is 2.45. The molecule has 92 valence electrons. The monoisotopic (exact) mass is 262 g/mol. The largest absolute Gasteiger partial charge is 0.369 e. The number of halogens is 1. The number of nitrogens with two attached hydrogens (primary N) is 1. The number of nitrogens with zero attached hydrogens (tertiary/aromatic N) is 5. The lowest BCUT2D eigenvalue weighted by molar-refractivity contribution is 0.716. The van der Waals surface area contributed by atoms with Crippen molar-refractivity contribution in [3.8, 4) is 0 Å². The van der Waals surface area contributed by atoms with Gasteiger partial charge in [-0.3, -0.25) is 4.57 Å². The molecule has 0 spiro atoms. The maximum absolute atomic E-state index is 5.90. The first-order valence-electron chi connectivity index (χ1n) is 5.38. The Hall–Kier alpha value is -2.08. The van der Waals surface area contributed by atoms with Gasteiger partial charge in [-0.25, -0.2) is 15.0 Å². The van der Waals surface area contributed by atoms with Gasteiger partial charge >= 0.3 is 0 Å². The molecule has 3 aromatic heterocycles. The topological polar surface area (TPSA) is 74.5 Å². The maximum Gasteiger partial charge on any atom is 0.202 e. The van der Waals surface area contributed by atoms with Crippen molar-refractivity contribution >= 4 is 28.7 Å². The predicted molar refractivity (Wildman–Crippen MR) is 69.3 cm³/mol. The smallest absolute Gasteiger partial charge is 0.202 e. The van der Waals surface area contributed by atoms with Crippen LogP contribution in [-0.2, 0) is 13.6 Å². The molecule has 0 aliphatic rings. The minimum atomic E-state index is 0.405. The second-order valence-corrected chi connectivity index (χ2v) is 4.44. The van der Waals surface area contributed by atoms with Gasteiger partial charge in [0, 0.05) is 25.6 Å². The van der Waals surface area contributed by atoms with Gasteiger partial charge in [-0.1, -0.05) is 11.6 Å². The maximum atomic E-state index is 5.90. The van der Waals surface area contributed by atoms with E-state index in [0.717, 1.165) is 5.82 Å². The number of aryl methyl sites for hydroxylation is 1. The minimum Gasteiger partial charge on any atom is -0.369 e. The fraction of sp³-hybridized carbons (Fsp3) is 0.182. The van der Waals surface area contributed by atoms with Crippen LogP contribution in [0.3, 0.4) is 0 Å². The molecule has 0 bridgehead atoms. The summed E-state index contributed by atoms with van der Waals surface area (Å²) in [5.74, 6) is 1.29. The highest BCUT2D eigenvalue weighted by Crippen LogP contribution is 2.19. The van der Waals surface area contributed by atoms with Crippen LogP contribution in [0, 0.1) is 0 Å². The van der Waals surface area contributed by atoms with Crippen LogP contribution in [0.2, 0.25) is 5.02 Å². The molecular formula is C11H11ClN6. The van der Waals surface area contributed by atoms with E-state index in [-0.39, 0.29) is 0 Å². The number of hydrogen-bond acceptors (Lipinski definition) is 4. The zero-order chi connectivity index (χ0) is 12.7. The number of hydrogen-bond donors (Lipinski definition) is 1. The Labute approximate surface area is 108 Å². The van der Waals surface area contributed by atoms with E-state index in [2.05, 4.69) is 15.0 Å². The van der Waals surface area contributed by atoms with Gasteiger partial charge < -0.3 is 10.3 Å². The second kappa shape index (κ2) is 3.99. The van der Waals surface area contributed by atoms with Crippen molar-refractivity contribution < 1.29 is 0 Å². The summed E-state index contributed by atoms with van der Waals surface area (Å²) in [6.45, 7) is 0.528. The van der Waals surface area contributed by atoms with Gasteiger partial charge in [0.25, 0.3) is 0 Å². The minimum absolute atomic E-state index is 0.405. The molecule has 0 radical (unpaired) electrons. The quantitative estimate of drug-likeness (QED) is 0.758. The number of anilines is 1. The molecule has 0 unspecified atom stereocenters. The van der Waals surface area contributed by atoms with E-state index in [1.807, 2.05) is 22.4 Å². The van der Waals surface area contributed by atoms with Crippen molar-refractivity contribution in [2.75, 3.05) is 5.73 Å². The molecule has 2 N–H and O–H groups in total. The number of imidazole rings is 2. The molecule has 0 aliphatic heterocycles. The van der Waals surface area contributed by atoms with Crippen LogP contribution in [0.1, 0.15) is 5.82 Å². The van der Waals surface area contributed by atoms with Crippen LogP contribution in [0.25, 0.3) is 11.2 Å². The normalized spacial score (nSPS) is 11.2. The summed E-state index contributed by atoms with van der Waals surface area (Å²) in [6.07, 6.45) is 5.21. The van der Waals surface area contributed by atoms with E-state index in [4.69, 9.17) is 17.3 Å². The van der Waals surface area contributed by atoms with Crippen LogP contribution in [0.5, 0.6) is 0 Å². The van der Waals surface area contributed by atoms with Gasteiger partial charge in [0.05, 0.1) is 11.6 Å². The summed E-state index contributed by atoms with van der Waals surface area (Å²) in [7, 11) is 1.93. The number of nitrogen functional groups attached to an aromatic ring is 1. The van der Waals surface area contributed by atoms with E-state index in [9.17, 15) is 0 Å². The van der Waals surface area contributed by atoms with E-state index in [1.54, 1.807) is 18.5 Å². The summed E-state index contributed by atoms with van der Waals surface area (Å²) in [5.41, 5.74) is 7.30. The molecule has 3 rings (SSSR count). The van der Waals surface area contributed by atoms with Gasteiger partial charge in [-0.2, -0.15) is 0 Å². The Bertz CT molecular complexity index is 713. The first-order chi connectivity index (χ1) is 8.65. The fourth-order valence-corrected chi connectivity index (χ4v) is 2.00. The van der Waals surface area contributed by atoms with Crippen molar-refractivity contribution in [3.05, 3.63) is 35.5 Å². The van der Waals surface area contributed by atoms with Gasteiger partial charge in [0.15, 0.2) is 5.65 Å². The third-order valence-corrected chi connectivity index (χ3v) is 3.01. The highest BCUT2D eigenvalue weighted by molar-refractivity contribution is 6.31. The molecule has 0 atom stereocenters. The third kappa shape index (κ3) is 1.70. The van der Waals surface area contributed by atoms with Gasteiger partial charge in [-0.05, 0) is 6.07 Å². The van der Waals surface area contributed by atoms with Gasteiger partial charge in [-0.15, -0.1) is 0 Å². The molecule has 0 fully saturated rings. The van der Waals surface area contributed by atoms with Crippen LogP contribution >= 0.6 is 11.6 Å². The molecule has 18 heavy (non-hydrogen) atoms. The number of rotatable bonds is 2. The Morgan fingerprint density at radius 3 is 2.94 bits per heavy atom. The molecule has 6 nitrogen and oxygen atoms in total. The average molecular weight is 263 g/mol. The first kappa shape index (κ1) is 11.0. The number of fused-ring (bicyclic) bond motifs is 1. The predicted octanol–water partition coefficient (Wildman–Crippen LogP) is 1.45. The molecule has 0 saturated carbocycles. The number of aromatic nitrogens is 5. The van der Waals surface area contributed by atoms with Crippen molar-refractivity contribution in [1.82, 2.24) is 24.1 Å². The molecule has 0 saturated heterocycles. The van der Waals surface area contributed by atoms with Crippen molar-refractivity contribution in [1.29, 1.82) is 0 Å². The van der Waals surface area contributed by atoms with E-state index in [0.29, 0.717) is 28.7 Å². The zero-order valence-electron chi connectivity index (χ0n) is 9.71. The van der Waals surface area contributed by atoms with Crippen LogP contribution in [-0.4, -0.2) is 24.1 Å². The molecule has 0 aliphatic carbocycles. The Morgan fingerprint density at radius 1 is 1.39 bits per heavy atom. The highest BCUT2D eigenvalue weighted by Gasteiger charge is 2.11. The molecule has 3 aromatic rings. The zero-order valence-corrected chi connectivity index (χ0v) is 10.5. The van der Waals surface area contributed by atoms with Crippen LogP contribution < -0.4 is 5.73 Å². The average Bonchev–Trinajstić information content (AvgIpc) is 2.85. The van der Waals surface area contributed by atoms with Gasteiger partial charge in [0.1, 0.15) is 11.3 Å². The van der Waals surface area contributed by atoms with Crippen molar-refractivity contribution in [3.63, 3.8) is 0 Å². The summed E-state index contributed by atoms with van der Waals surface area (Å²) in [6, 6.07) is 1.75. The number of pyridine rings is 1. The van der Waals surface area contributed by atoms with Gasteiger partial charge in [0.2, 0.25) is 5.95 Å². The Morgan fingerprint density at radius 2 is 2.22 bits per heavy atom. The lowest BCUT2D eigenvalue weighted by Crippen LogP contribution is -2.09. The van der Waals surface area contributed by atoms with Crippen molar-refractivity contribution in [2.24, 2.45) is 7.05 Å². The molecule has 3 heterocycles. The van der Waals surface area contributed by atoms with Crippen LogP contribution in [0.15, 0.2) is 24.7 Å². The SMILES string of the molecule is Cn1ccnc1Cn1c(N)nc2cc(Cl)cnc21. The fourth-order valence-electron chi connectivity index (χ4n) is 1.85. The summed E-state index contributed by atoms with van der Waals surface area (Å²) in [5, 5.41) is 0.546. The highest BCUT2D eigenvalue weighted by atomic mass is 35.5. The molecular weight excluding hydrogens is 252 g/mol. The third-order valence-electron chi connectivity index (χ3n) is 2.80. The standard InChI is InChI=1S/C11H11ClN6/c1-17-3-2-14-9(17)6-18-10-8(16-11(18)13)4-7(12)5-15-10/h2-5H,6H2,1H3,(H2,13,16). The second-order valence-electron chi connectivity index (χ2n) is 4.01. The molecule has 0 aromatic carbocycles. The van der Waals surface area contributed by atoms with E-state index >= 15 is 0 Å². The lowest BCUT2D eigenvalue weighted by atomic mass is 10.4. The van der Waals surface area contributed by atoms with E-state index in [1.165, 1.54) is 0 Å². The molecule has 7 heteroatoms. The van der Waals surface area contributed by atoms with Crippen molar-refractivity contribution in [2.45, 2.75) is 6.54 Å². The first-order valence-corrected chi connectivity index (χ1v) is 5.76. The summed E-state index contributed by atoms with van der Waals surface area (Å²) in [4.78, 5) is 12.8. The Balaban J connectivity index is 2.11. The van der Waals surface area contributed by atoms with E-state index < -0.39 is 0 Å². The lowest BCUT2D eigenvalue weighted by Gasteiger charge is -2.05. The molecule has 0 amide bonds. The summed E-state index contributed by atoms with van der Waals surface area (Å²) < 4.78 is 3.75.